The maximum Gasteiger partial charge on any atom is 0.132 e. The van der Waals surface area contributed by atoms with Gasteiger partial charge >= 0.3 is 0 Å². The minimum atomic E-state index is -0.229. The average molecular weight is 280 g/mol. The number of pyridine rings is 1. The fourth-order valence-electron chi connectivity index (χ4n) is 2.36. The SMILES string of the molecule is CCNCc1ccc(-c2ccc3ccccc3n2)c(F)c1. The second-order valence-corrected chi connectivity index (χ2v) is 4.98. The highest BCUT2D eigenvalue weighted by atomic mass is 19.1. The molecular weight excluding hydrogens is 263 g/mol. The average Bonchev–Trinajstić information content (AvgIpc) is 2.52. The minimum Gasteiger partial charge on any atom is -0.313 e. The van der Waals surface area contributed by atoms with Crippen molar-refractivity contribution < 1.29 is 4.39 Å². The first-order valence-electron chi connectivity index (χ1n) is 7.13. The second-order valence-electron chi connectivity index (χ2n) is 4.98. The van der Waals surface area contributed by atoms with Crippen LogP contribution in [0.5, 0.6) is 0 Å². The second kappa shape index (κ2) is 6.02. The molecule has 3 aromatic rings. The molecule has 1 N–H and O–H groups in total. The molecule has 2 nitrogen and oxygen atoms in total. The Bertz CT molecular complexity index is 768. The summed E-state index contributed by atoms with van der Waals surface area (Å²) in [4.78, 5) is 4.54. The van der Waals surface area contributed by atoms with Gasteiger partial charge in [-0.2, -0.15) is 0 Å². The Kier molecular flexibility index (Phi) is 3.93. The monoisotopic (exact) mass is 280 g/mol. The summed E-state index contributed by atoms with van der Waals surface area (Å²) in [6.45, 7) is 3.58. The third kappa shape index (κ3) is 2.93. The lowest BCUT2D eigenvalue weighted by Crippen LogP contribution is -2.11. The number of benzene rings is 2. The zero-order valence-electron chi connectivity index (χ0n) is 11.9. The summed E-state index contributed by atoms with van der Waals surface area (Å²) in [5, 5.41) is 4.25. The van der Waals surface area contributed by atoms with Crippen LogP contribution in [0.4, 0.5) is 4.39 Å². The predicted octanol–water partition coefficient (Wildman–Crippen LogP) is 4.15. The van der Waals surface area contributed by atoms with E-state index in [1.54, 1.807) is 12.1 Å². The molecule has 1 aromatic heterocycles. The van der Waals surface area contributed by atoms with E-state index in [1.165, 1.54) is 0 Å². The highest BCUT2D eigenvalue weighted by Crippen LogP contribution is 2.24. The summed E-state index contributed by atoms with van der Waals surface area (Å²) < 4.78 is 14.3. The molecule has 0 unspecified atom stereocenters. The van der Waals surface area contributed by atoms with Gasteiger partial charge in [0.2, 0.25) is 0 Å². The van der Waals surface area contributed by atoms with Crippen LogP contribution < -0.4 is 5.32 Å². The van der Waals surface area contributed by atoms with Crippen LogP contribution in [0, 0.1) is 5.82 Å². The number of aromatic nitrogens is 1. The van der Waals surface area contributed by atoms with Gasteiger partial charge in [-0.3, -0.25) is 0 Å². The highest BCUT2D eigenvalue weighted by molar-refractivity contribution is 5.81. The lowest BCUT2D eigenvalue weighted by Gasteiger charge is -2.07. The number of nitrogens with zero attached hydrogens (tertiary/aromatic N) is 1. The molecule has 106 valence electrons. The van der Waals surface area contributed by atoms with Crippen molar-refractivity contribution >= 4 is 10.9 Å². The van der Waals surface area contributed by atoms with Gasteiger partial charge in [-0.05, 0) is 36.4 Å². The summed E-state index contributed by atoms with van der Waals surface area (Å²) in [5.74, 6) is -0.229. The molecule has 0 aliphatic rings. The summed E-state index contributed by atoms with van der Waals surface area (Å²) in [5.41, 5.74) is 3.03. The first-order valence-corrected chi connectivity index (χ1v) is 7.13. The summed E-state index contributed by atoms with van der Waals surface area (Å²) >= 11 is 0. The largest absolute Gasteiger partial charge is 0.313 e. The van der Waals surface area contributed by atoms with Crippen molar-refractivity contribution in [3.05, 3.63) is 66.0 Å². The highest BCUT2D eigenvalue weighted by Gasteiger charge is 2.08. The van der Waals surface area contributed by atoms with Gasteiger partial charge in [0.15, 0.2) is 0 Å². The van der Waals surface area contributed by atoms with E-state index >= 15 is 0 Å². The van der Waals surface area contributed by atoms with E-state index < -0.39 is 0 Å². The zero-order chi connectivity index (χ0) is 14.7. The van der Waals surface area contributed by atoms with Crippen LogP contribution in [-0.2, 0) is 6.54 Å². The van der Waals surface area contributed by atoms with Gasteiger partial charge < -0.3 is 5.32 Å². The number of para-hydroxylation sites is 1. The summed E-state index contributed by atoms with van der Waals surface area (Å²) in [6.07, 6.45) is 0. The number of hydrogen-bond acceptors (Lipinski definition) is 2. The number of hydrogen-bond donors (Lipinski definition) is 1. The Morgan fingerprint density at radius 1 is 1.05 bits per heavy atom. The number of rotatable bonds is 4. The van der Waals surface area contributed by atoms with Crippen LogP contribution >= 0.6 is 0 Å². The first-order chi connectivity index (χ1) is 10.3. The van der Waals surface area contributed by atoms with Gasteiger partial charge in [0, 0.05) is 17.5 Å². The lowest BCUT2D eigenvalue weighted by molar-refractivity contribution is 0.625. The van der Waals surface area contributed by atoms with Crippen LogP contribution in [-0.4, -0.2) is 11.5 Å². The molecule has 1 heterocycles. The summed E-state index contributed by atoms with van der Waals surface area (Å²) in [7, 11) is 0. The van der Waals surface area contributed by atoms with Crippen LogP contribution in [0.2, 0.25) is 0 Å². The Morgan fingerprint density at radius 2 is 1.90 bits per heavy atom. The van der Waals surface area contributed by atoms with Crippen molar-refractivity contribution in [2.24, 2.45) is 0 Å². The number of nitrogens with one attached hydrogen (secondary N) is 1. The third-order valence-corrected chi connectivity index (χ3v) is 3.49. The van der Waals surface area contributed by atoms with Crippen LogP contribution in [0.25, 0.3) is 22.2 Å². The molecule has 0 atom stereocenters. The van der Waals surface area contributed by atoms with Crippen molar-refractivity contribution in [1.29, 1.82) is 0 Å². The van der Waals surface area contributed by atoms with Crippen LogP contribution in [0.3, 0.4) is 0 Å². The molecule has 0 radical (unpaired) electrons. The molecule has 0 saturated heterocycles. The number of halogens is 1. The topological polar surface area (TPSA) is 24.9 Å². The Labute approximate surface area is 123 Å². The van der Waals surface area contributed by atoms with Crippen molar-refractivity contribution in [1.82, 2.24) is 10.3 Å². The standard InChI is InChI=1S/C18H17FN2/c1-2-20-12-13-7-9-15(16(19)11-13)18-10-8-14-5-3-4-6-17(14)21-18/h3-11,20H,2,12H2,1H3. The van der Waals surface area contributed by atoms with Gasteiger partial charge in [0.25, 0.3) is 0 Å². The van der Waals surface area contributed by atoms with Crippen molar-refractivity contribution in [3.8, 4) is 11.3 Å². The van der Waals surface area contributed by atoms with Gasteiger partial charge in [-0.25, -0.2) is 9.37 Å². The molecule has 3 heteroatoms. The molecule has 3 rings (SSSR count). The van der Waals surface area contributed by atoms with E-state index in [9.17, 15) is 4.39 Å². The Balaban J connectivity index is 1.98. The summed E-state index contributed by atoms with van der Waals surface area (Å²) in [6, 6.07) is 17.0. The molecule has 0 saturated carbocycles. The van der Waals surface area contributed by atoms with Crippen molar-refractivity contribution in [2.45, 2.75) is 13.5 Å². The van der Waals surface area contributed by atoms with E-state index in [2.05, 4.69) is 10.3 Å². The van der Waals surface area contributed by atoms with Crippen molar-refractivity contribution in [3.63, 3.8) is 0 Å². The van der Waals surface area contributed by atoms with Gasteiger partial charge in [-0.15, -0.1) is 0 Å². The molecule has 0 fully saturated rings. The molecule has 0 aliphatic carbocycles. The third-order valence-electron chi connectivity index (χ3n) is 3.49. The first kappa shape index (κ1) is 13.7. The van der Waals surface area contributed by atoms with E-state index in [0.717, 1.165) is 23.0 Å². The van der Waals surface area contributed by atoms with Gasteiger partial charge in [0.1, 0.15) is 5.82 Å². The smallest absolute Gasteiger partial charge is 0.132 e. The van der Waals surface area contributed by atoms with Crippen molar-refractivity contribution in [2.75, 3.05) is 6.54 Å². The minimum absolute atomic E-state index is 0.229. The maximum atomic E-state index is 14.3. The van der Waals surface area contributed by atoms with Crippen LogP contribution in [0.15, 0.2) is 54.6 Å². The molecular formula is C18H17FN2. The zero-order valence-corrected chi connectivity index (χ0v) is 11.9. The van der Waals surface area contributed by atoms with E-state index in [1.807, 2.05) is 49.4 Å². The fraction of sp³-hybridized carbons (Fsp3) is 0.167. The maximum absolute atomic E-state index is 14.3. The van der Waals surface area contributed by atoms with E-state index in [0.29, 0.717) is 17.8 Å². The molecule has 0 amide bonds. The Hall–Kier alpha value is -2.26. The van der Waals surface area contributed by atoms with E-state index in [-0.39, 0.29) is 5.82 Å². The molecule has 21 heavy (non-hydrogen) atoms. The van der Waals surface area contributed by atoms with Gasteiger partial charge in [0.05, 0.1) is 11.2 Å². The van der Waals surface area contributed by atoms with Crippen LogP contribution in [0.1, 0.15) is 12.5 Å². The predicted molar refractivity (Wildman–Crippen MR) is 84.5 cm³/mol. The Morgan fingerprint density at radius 3 is 2.71 bits per heavy atom. The van der Waals surface area contributed by atoms with E-state index in [4.69, 9.17) is 0 Å². The molecule has 2 aromatic carbocycles. The normalized spacial score (nSPS) is 11.0. The molecule has 0 bridgehead atoms. The van der Waals surface area contributed by atoms with Gasteiger partial charge in [-0.1, -0.05) is 37.3 Å². The number of fused-ring (bicyclic) bond motifs is 1. The quantitative estimate of drug-likeness (QED) is 0.776. The molecule has 0 aliphatic heterocycles. The fourth-order valence-corrected chi connectivity index (χ4v) is 2.36. The lowest BCUT2D eigenvalue weighted by atomic mass is 10.1. The molecule has 0 spiro atoms.